The van der Waals surface area contributed by atoms with Gasteiger partial charge in [-0.3, -0.25) is 15.4 Å². The van der Waals surface area contributed by atoms with Gasteiger partial charge in [0.05, 0.1) is 11.0 Å². The van der Waals surface area contributed by atoms with E-state index < -0.39 is 10.5 Å². The van der Waals surface area contributed by atoms with Crippen molar-refractivity contribution < 1.29 is 9.66 Å². The van der Waals surface area contributed by atoms with Crippen LogP contribution >= 0.6 is 0 Å². The van der Waals surface area contributed by atoms with Crippen LogP contribution in [0, 0.1) is 21.4 Å². The number of nitro groups is 1. The van der Waals surface area contributed by atoms with Crippen LogP contribution < -0.4 is 10.1 Å². The van der Waals surface area contributed by atoms with Crippen molar-refractivity contribution in [2.24, 2.45) is 0 Å². The molecule has 6 nitrogen and oxygen atoms in total. The van der Waals surface area contributed by atoms with E-state index >= 15 is 0 Å². The number of hydrogen-bond donors (Lipinski definition) is 1. The Morgan fingerprint density at radius 3 is 2.67 bits per heavy atom. The summed E-state index contributed by atoms with van der Waals surface area (Å²) in [5.74, 6) is 0.601. The van der Waals surface area contributed by atoms with Gasteiger partial charge in [0.25, 0.3) is 5.69 Å². The molecule has 21 heavy (non-hydrogen) atoms. The summed E-state index contributed by atoms with van der Waals surface area (Å²) in [6, 6.07) is 8.65. The number of non-ortho nitro benzene ring substituents is 1. The van der Waals surface area contributed by atoms with Gasteiger partial charge in [0.2, 0.25) is 0 Å². The normalized spacial score (nSPS) is 24.8. The Labute approximate surface area is 123 Å². The molecule has 0 heterocycles. The fourth-order valence-electron chi connectivity index (χ4n) is 2.76. The van der Waals surface area contributed by atoms with Crippen molar-refractivity contribution in [3.05, 3.63) is 34.4 Å². The lowest BCUT2D eigenvalue weighted by Crippen LogP contribution is -2.46. The molecule has 2 rings (SSSR count). The highest BCUT2D eigenvalue weighted by Crippen LogP contribution is 2.33. The maximum Gasteiger partial charge on any atom is 0.269 e. The van der Waals surface area contributed by atoms with Gasteiger partial charge in [0.1, 0.15) is 17.4 Å². The zero-order valence-electron chi connectivity index (χ0n) is 12.2. The van der Waals surface area contributed by atoms with Gasteiger partial charge < -0.3 is 4.74 Å². The van der Waals surface area contributed by atoms with Gasteiger partial charge in [-0.15, -0.1) is 0 Å². The van der Waals surface area contributed by atoms with Gasteiger partial charge in [-0.1, -0.05) is 0 Å². The molecule has 1 aromatic rings. The summed E-state index contributed by atoms with van der Waals surface area (Å²) in [5, 5.41) is 23.3. The second-order valence-electron chi connectivity index (χ2n) is 5.73. The third-order valence-electron chi connectivity index (χ3n) is 3.60. The minimum absolute atomic E-state index is 0.0432. The lowest BCUT2D eigenvalue weighted by atomic mass is 9.98. The zero-order chi connectivity index (χ0) is 15.5. The van der Waals surface area contributed by atoms with Crippen molar-refractivity contribution in [2.75, 3.05) is 0 Å². The van der Waals surface area contributed by atoms with Gasteiger partial charge in [-0.25, -0.2) is 0 Å². The van der Waals surface area contributed by atoms with Crippen LogP contribution in [0.3, 0.4) is 0 Å². The molecule has 1 aliphatic rings. The van der Waals surface area contributed by atoms with Crippen LogP contribution in [0.4, 0.5) is 5.69 Å². The minimum atomic E-state index is -0.528. The van der Waals surface area contributed by atoms with E-state index in [0.717, 1.165) is 12.8 Å². The Morgan fingerprint density at radius 1 is 1.48 bits per heavy atom. The Balaban J connectivity index is 1.99. The predicted molar refractivity (Wildman–Crippen MR) is 78.0 cm³/mol. The molecule has 0 radical (unpaired) electrons. The van der Waals surface area contributed by atoms with E-state index in [1.165, 1.54) is 12.1 Å². The van der Waals surface area contributed by atoms with Crippen LogP contribution in [0.2, 0.25) is 0 Å². The highest BCUT2D eigenvalue weighted by molar-refractivity contribution is 5.36. The quantitative estimate of drug-likeness (QED) is 0.665. The summed E-state index contributed by atoms with van der Waals surface area (Å²) in [6.45, 7) is 4.03. The molecule has 1 aromatic carbocycles. The first-order valence-corrected chi connectivity index (χ1v) is 7.04. The highest BCUT2D eigenvalue weighted by Gasteiger charge is 2.40. The number of rotatable bonds is 5. The molecule has 6 heteroatoms. The van der Waals surface area contributed by atoms with Gasteiger partial charge >= 0.3 is 0 Å². The smallest absolute Gasteiger partial charge is 0.269 e. The first-order chi connectivity index (χ1) is 9.94. The van der Waals surface area contributed by atoms with E-state index in [2.05, 4.69) is 11.4 Å². The highest BCUT2D eigenvalue weighted by atomic mass is 16.6. The molecule has 112 valence electrons. The largest absolute Gasteiger partial charge is 0.490 e. The SMILES string of the molecule is CC(C)NC1(C#N)CCC(Oc2ccc([N+](=O)[O-])cc2)C1. The topological polar surface area (TPSA) is 88.2 Å². The van der Waals surface area contributed by atoms with Crippen LogP contribution in [0.1, 0.15) is 33.1 Å². The second kappa shape index (κ2) is 6.10. The molecule has 0 spiro atoms. The molecular formula is C15H19N3O3. The average molecular weight is 289 g/mol. The fourth-order valence-corrected chi connectivity index (χ4v) is 2.76. The van der Waals surface area contributed by atoms with Crippen molar-refractivity contribution in [1.82, 2.24) is 5.32 Å². The monoisotopic (exact) mass is 289 g/mol. The molecular weight excluding hydrogens is 270 g/mol. The number of hydrogen-bond acceptors (Lipinski definition) is 5. The zero-order valence-corrected chi connectivity index (χ0v) is 12.2. The lowest BCUT2D eigenvalue weighted by molar-refractivity contribution is -0.384. The maximum absolute atomic E-state index is 10.6. The van der Waals surface area contributed by atoms with Gasteiger partial charge in [0, 0.05) is 24.6 Å². The van der Waals surface area contributed by atoms with Crippen LogP contribution in [-0.2, 0) is 0 Å². The average Bonchev–Trinajstić information content (AvgIpc) is 2.82. The van der Waals surface area contributed by atoms with Crippen molar-refractivity contribution in [2.45, 2.75) is 50.8 Å². The molecule has 1 fully saturated rings. The van der Waals surface area contributed by atoms with E-state index in [0.29, 0.717) is 12.2 Å². The van der Waals surface area contributed by atoms with Gasteiger partial charge in [-0.2, -0.15) is 5.26 Å². The van der Waals surface area contributed by atoms with Crippen LogP contribution in [0.25, 0.3) is 0 Å². The summed E-state index contributed by atoms with van der Waals surface area (Å²) in [5.41, 5.74) is -0.485. The molecule has 0 aromatic heterocycles. The molecule has 2 atom stereocenters. The summed E-state index contributed by atoms with van der Waals surface area (Å²) in [4.78, 5) is 10.2. The maximum atomic E-state index is 10.6. The molecule has 0 amide bonds. The molecule has 0 aliphatic heterocycles. The van der Waals surface area contributed by atoms with E-state index in [4.69, 9.17) is 4.74 Å². The van der Waals surface area contributed by atoms with E-state index in [-0.39, 0.29) is 17.8 Å². The third-order valence-corrected chi connectivity index (χ3v) is 3.60. The number of nitrogens with zero attached hydrogens (tertiary/aromatic N) is 2. The molecule has 2 unspecified atom stereocenters. The van der Waals surface area contributed by atoms with Crippen molar-refractivity contribution in [3.8, 4) is 11.8 Å². The summed E-state index contributed by atoms with van der Waals surface area (Å²) in [7, 11) is 0. The van der Waals surface area contributed by atoms with Gasteiger partial charge in [0.15, 0.2) is 0 Å². The Morgan fingerprint density at radius 2 is 2.14 bits per heavy atom. The third kappa shape index (κ3) is 3.70. The van der Waals surface area contributed by atoms with Crippen LogP contribution in [0.5, 0.6) is 5.75 Å². The predicted octanol–water partition coefficient (Wildman–Crippen LogP) is 2.79. The van der Waals surface area contributed by atoms with Crippen molar-refractivity contribution >= 4 is 5.69 Å². The van der Waals surface area contributed by atoms with E-state index in [1.54, 1.807) is 12.1 Å². The molecule has 0 saturated heterocycles. The number of benzene rings is 1. The van der Waals surface area contributed by atoms with Crippen molar-refractivity contribution in [3.63, 3.8) is 0 Å². The number of nitrogens with one attached hydrogen (secondary N) is 1. The molecule has 1 saturated carbocycles. The Kier molecular flexibility index (Phi) is 4.43. The van der Waals surface area contributed by atoms with Crippen molar-refractivity contribution in [1.29, 1.82) is 5.26 Å². The first-order valence-electron chi connectivity index (χ1n) is 7.04. The second-order valence-corrected chi connectivity index (χ2v) is 5.73. The molecule has 0 bridgehead atoms. The summed E-state index contributed by atoms with van der Waals surface area (Å²) < 4.78 is 5.84. The van der Waals surface area contributed by atoms with Crippen LogP contribution in [0.15, 0.2) is 24.3 Å². The Hall–Kier alpha value is -2.13. The standard InChI is InChI=1S/C15H19N3O3/c1-11(2)17-15(10-16)8-7-14(9-15)21-13-5-3-12(4-6-13)18(19)20/h3-6,11,14,17H,7-9H2,1-2H3. The van der Waals surface area contributed by atoms with Crippen LogP contribution in [-0.4, -0.2) is 22.6 Å². The Bertz CT molecular complexity index is 550. The van der Waals surface area contributed by atoms with E-state index in [9.17, 15) is 15.4 Å². The fraction of sp³-hybridized carbons (Fsp3) is 0.533. The van der Waals surface area contributed by atoms with E-state index in [1.807, 2.05) is 13.8 Å². The molecule has 1 N–H and O–H groups in total. The molecule has 1 aliphatic carbocycles. The van der Waals surface area contributed by atoms with Gasteiger partial charge in [-0.05, 0) is 38.8 Å². The lowest BCUT2D eigenvalue weighted by Gasteiger charge is -2.25. The number of nitriles is 1. The summed E-state index contributed by atoms with van der Waals surface area (Å²) in [6.07, 6.45) is 2.12. The number of nitro benzene ring substituents is 1. The summed E-state index contributed by atoms with van der Waals surface area (Å²) >= 11 is 0. The first kappa shape index (κ1) is 15.3. The number of ether oxygens (including phenoxy) is 1. The minimum Gasteiger partial charge on any atom is -0.490 e.